The molecule has 1 rings (SSSR count). The first-order valence-electron chi connectivity index (χ1n) is 4.35. The molecule has 1 aromatic rings. The summed E-state index contributed by atoms with van der Waals surface area (Å²) in [6.07, 6.45) is 3.45. The Hall–Kier alpha value is -0.830. The quantitative estimate of drug-likeness (QED) is 0.740. The van der Waals surface area contributed by atoms with Crippen LogP contribution >= 0.6 is 0 Å². The molecular weight excluding hydrogens is 152 g/mol. The van der Waals surface area contributed by atoms with Crippen LogP contribution in [0, 0.1) is 0 Å². The van der Waals surface area contributed by atoms with E-state index in [9.17, 15) is 5.11 Å². The van der Waals surface area contributed by atoms with E-state index >= 15 is 0 Å². The van der Waals surface area contributed by atoms with Crippen LogP contribution in [0.5, 0.6) is 0 Å². The predicted octanol–water partition coefficient (Wildman–Crippen LogP) is 1.39. The largest absolute Gasteiger partial charge is 0.393 e. The molecule has 0 aliphatic rings. The van der Waals surface area contributed by atoms with Crippen molar-refractivity contribution in [3.8, 4) is 0 Å². The van der Waals surface area contributed by atoms with Gasteiger partial charge in [0.2, 0.25) is 0 Å². The maximum Gasteiger partial charge on any atom is 0.0949 e. The van der Waals surface area contributed by atoms with E-state index in [4.69, 9.17) is 0 Å². The fourth-order valence-electron chi connectivity index (χ4n) is 1.03. The van der Waals surface area contributed by atoms with Gasteiger partial charge in [-0.1, -0.05) is 6.92 Å². The molecule has 1 heterocycles. The van der Waals surface area contributed by atoms with Crippen LogP contribution in [0.4, 0.5) is 0 Å². The number of aryl methyl sites for hydroxylation is 1. The van der Waals surface area contributed by atoms with Crippen molar-refractivity contribution in [2.75, 3.05) is 0 Å². The normalized spacial score (nSPS) is 16.0. The highest BCUT2D eigenvalue weighted by atomic mass is 16.3. The lowest BCUT2D eigenvalue weighted by Gasteiger charge is -2.10. The van der Waals surface area contributed by atoms with Gasteiger partial charge in [-0.15, -0.1) is 0 Å². The summed E-state index contributed by atoms with van der Waals surface area (Å²) < 4.78 is 2.01. The van der Waals surface area contributed by atoms with Gasteiger partial charge in [-0.25, -0.2) is 4.98 Å². The molecule has 2 unspecified atom stereocenters. The van der Waals surface area contributed by atoms with Crippen molar-refractivity contribution < 1.29 is 5.11 Å². The Balaban J connectivity index is 2.74. The summed E-state index contributed by atoms with van der Waals surface area (Å²) in [5.41, 5.74) is 0.965. The smallest absolute Gasteiger partial charge is 0.0949 e. The average molecular weight is 168 g/mol. The first-order valence-corrected chi connectivity index (χ1v) is 4.35. The van der Waals surface area contributed by atoms with E-state index in [1.807, 2.05) is 17.7 Å². The number of aromatic nitrogens is 2. The molecule has 0 aliphatic heterocycles. The Morgan fingerprint density at radius 1 is 1.58 bits per heavy atom. The van der Waals surface area contributed by atoms with Crippen molar-refractivity contribution in [1.82, 2.24) is 9.55 Å². The number of aliphatic hydroxyl groups excluding tert-OH is 1. The third kappa shape index (κ3) is 1.85. The molecule has 0 aromatic carbocycles. The SMILES string of the molecule is CCn1cnc(C(C)C(C)O)c1. The summed E-state index contributed by atoms with van der Waals surface area (Å²) in [6, 6.07) is 0. The Labute approximate surface area is 73.1 Å². The second-order valence-electron chi connectivity index (χ2n) is 3.16. The zero-order valence-electron chi connectivity index (χ0n) is 7.86. The standard InChI is InChI=1S/C9H16N2O/c1-4-11-5-9(10-6-11)7(2)8(3)12/h5-8,12H,4H2,1-3H3. The van der Waals surface area contributed by atoms with Crippen LogP contribution in [-0.4, -0.2) is 20.8 Å². The number of nitrogens with zero attached hydrogens (tertiary/aromatic N) is 2. The van der Waals surface area contributed by atoms with Gasteiger partial charge < -0.3 is 9.67 Å². The first-order chi connectivity index (χ1) is 5.65. The molecule has 0 saturated heterocycles. The van der Waals surface area contributed by atoms with Gasteiger partial charge in [0.1, 0.15) is 0 Å². The average Bonchev–Trinajstić information content (AvgIpc) is 2.50. The highest BCUT2D eigenvalue weighted by Crippen LogP contribution is 2.16. The van der Waals surface area contributed by atoms with Gasteiger partial charge in [0.15, 0.2) is 0 Å². The van der Waals surface area contributed by atoms with Crippen LogP contribution in [0.3, 0.4) is 0 Å². The first kappa shape index (κ1) is 9.26. The second-order valence-corrected chi connectivity index (χ2v) is 3.16. The maximum absolute atomic E-state index is 9.31. The molecule has 0 bridgehead atoms. The molecule has 1 aromatic heterocycles. The number of hydrogen-bond donors (Lipinski definition) is 1. The third-order valence-electron chi connectivity index (χ3n) is 2.21. The summed E-state index contributed by atoms with van der Waals surface area (Å²) in [7, 11) is 0. The lowest BCUT2D eigenvalue weighted by Crippen LogP contribution is -2.11. The van der Waals surface area contributed by atoms with Gasteiger partial charge in [-0.2, -0.15) is 0 Å². The van der Waals surface area contributed by atoms with Crippen LogP contribution < -0.4 is 0 Å². The van der Waals surface area contributed by atoms with Gasteiger partial charge in [0.05, 0.1) is 18.1 Å². The number of imidazole rings is 1. The van der Waals surface area contributed by atoms with E-state index in [0.717, 1.165) is 12.2 Å². The molecule has 12 heavy (non-hydrogen) atoms. The number of hydrogen-bond acceptors (Lipinski definition) is 2. The zero-order chi connectivity index (χ0) is 9.14. The van der Waals surface area contributed by atoms with Gasteiger partial charge in [0.25, 0.3) is 0 Å². The van der Waals surface area contributed by atoms with Crippen LogP contribution in [-0.2, 0) is 6.54 Å². The van der Waals surface area contributed by atoms with E-state index in [2.05, 4.69) is 11.9 Å². The van der Waals surface area contributed by atoms with Gasteiger partial charge in [-0.3, -0.25) is 0 Å². The highest BCUT2D eigenvalue weighted by molar-refractivity contribution is 5.04. The molecule has 0 amide bonds. The van der Waals surface area contributed by atoms with Crippen molar-refractivity contribution in [2.24, 2.45) is 0 Å². The molecule has 2 atom stereocenters. The van der Waals surface area contributed by atoms with E-state index < -0.39 is 0 Å². The summed E-state index contributed by atoms with van der Waals surface area (Å²) in [5.74, 6) is 0.123. The third-order valence-corrected chi connectivity index (χ3v) is 2.21. The van der Waals surface area contributed by atoms with Crippen LogP contribution in [0.15, 0.2) is 12.5 Å². The summed E-state index contributed by atoms with van der Waals surface area (Å²) in [5, 5.41) is 9.31. The Bertz CT molecular complexity index is 242. The molecule has 68 valence electrons. The van der Waals surface area contributed by atoms with Crippen LogP contribution in [0.1, 0.15) is 32.4 Å². The fourth-order valence-corrected chi connectivity index (χ4v) is 1.03. The molecule has 3 heteroatoms. The van der Waals surface area contributed by atoms with E-state index in [1.165, 1.54) is 0 Å². The van der Waals surface area contributed by atoms with Gasteiger partial charge in [-0.05, 0) is 13.8 Å². The predicted molar refractivity (Wildman–Crippen MR) is 48.0 cm³/mol. The van der Waals surface area contributed by atoms with E-state index in [-0.39, 0.29) is 12.0 Å². The van der Waals surface area contributed by atoms with Crippen molar-refractivity contribution in [3.63, 3.8) is 0 Å². The Kier molecular flexibility index (Phi) is 2.87. The van der Waals surface area contributed by atoms with Crippen molar-refractivity contribution in [1.29, 1.82) is 0 Å². The Morgan fingerprint density at radius 3 is 2.67 bits per heavy atom. The summed E-state index contributed by atoms with van der Waals surface area (Å²) >= 11 is 0. The lowest BCUT2D eigenvalue weighted by atomic mass is 10.0. The monoisotopic (exact) mass is 168 g/mol. The second kappa shape index (κ2) is 3.72. The van der Waals surface area contributed by atoms with Crippen molar-refractivity contribution in [3.05, 3.63) is 18.2 Å². The van der Waals surface area contributed by atoms with Crippen molar-refractivity contribution >= 4 is 0 Å². The van der Waals surface area contributed by atoms with Gasteiger partial charge >= 0.3 is 0 Å². The minimum absolute atomic E-state index is 0.123. The maximum atomic E-state index is 9.31. The molecule has 0 saturated carbocycles. The lowest BCUT2D eigenvalue weighted by molar-refractivity contribution is 0.167. The zero-order valence-corrected chi connectivity index (χ0v) is 7.86. The molecule has 1 N–H and O–H groups in total. The van der Waals surface area contributed by atoms with Gasteiger partial charge in [0, 0.05) is 18.7 Å². The number of aliphatic hydroxyl groups is 1. The topological polar surface area (TPSA) is 38.0 Å². The summed E-state index contributed by atoms with van der Waals surface area (Å²) in [4.78, 5) is 4.21. The summed E-state index contributed by atoms with van der Waals surface area (Å²) in [6.45, 7) is 6.76. The number of rotatable bonds is 3. The molecular formula is C9H16N2O. The fraction of sp³-hybridized carbons (Fsp3) is 0.667. The van der Waals surface area contributed by atoms with Crippen LogP contribution in [0.25, 0.3) is 0 Å². The molecule has 0 aliphatic carbocycles. The molecule has 0 radical (unpaired) electrons. The highest BCUT2D eigenvalue weighted by Gasteiger charge is 2.13. The van der Waals surface area contributed by atoms with E-state index in [1.54, 1.807) is 13.3 Å². The minimum atomic E-state index is -0.329. The minimum Gasteiger partial charge on any atom is -0.393 e. The Morgan fingerprint density at radius 2 is 2.25 bits per heavy atom. The molecule has 0 fully saturated rings. The van der Waals surface area contributed by atoms with E-state index in [0.29, 0.717) is 0 Å². The van der Waals surface area contributed by atoms with Crippen LogP contribution in [0.2, 0.25) is 0 Å². The molecule has 3 nitrogen and oxygen atoms in total. The molecule has 0 spiro atoms. The van der Waals surface area contributed by atoms with Crippen molar-refractivity contribution in [2.45, 2.75) is 39.3 Å².